The number of nitrogens with zero attached hydrogens (tertiary/aromatic N) is 3. The van der Waals surface area contributed by atoms with E-state index in [4.69, 9.17) is 5.79 Å². The molecule has 6 heteroatoms. The molecular weight excluding hydrogens is 1040 g/mol. The molecule has 0 atom stereocenters. The zero-order valence-corrected chi connectivity index (χ0v) is 50.4. The van der Waals surface area contributed by atoms with E-state index >= 15 is 0 Å². The van der Waals surface area contributed by atoms with Gasteiger partial charge in [-0.1, -0.05) is 197 Å². The molecule has 0 radical (unpaired) electrons. The molecule has 15 rings (SSSR count). The Balaban J connectivity index is 1.09. The number of para-hydroxylation sites is 2. The van der Waals surface area contributed by atoms with Crippen LogP contribution >= 0.6 is 11.3 Å². The number of anilines is 9. The van der Waals surface area contributed by atoms with E-state index in [9.17, 15) is 5.48 Å². The number of hydrogen-bond donors (Lipinski definition) is 0. The Bertz CT molecular complexity index is 4890. The molecule has 0 fully saturated rings. The van der Waals surface area contributed by atoms with Crippen LogP contribution in [0.4, 0.5) is 51.2 Å². The fourth-order valence-corrected chi connectivity index (χ4v) is 15.1. The molecular formula is C78H70BN3OS. The first-order chi connectivity index (χ1) is 42.5. The van der Waals surface area contributed by atoms with Gasteiger partial charge in [0.05, 0.1) is 18.2 Å². The molecule has 412 valence electrons. The predicted molar refractivity (Wildman–Crippen MR) is 361 cm³/mol. The summed E-state index contributed by atoms with van der Waals surface area (Å²) in [4.78, 5) is 7.25. The molecule has 10 aromatic carbocycles. The van der Waals surface area contributed by atoms with E-state index in [1.54, 1.807) is 0 Å². The van der Waals surface area contributed by atoms with Gasteiger partial charge < -0.3 is 19.1 Å². The van der Waals surface area contributed by atoms with E-state index in [1.165, 1.54) is 31.7 Å². The zero-order valence-electron chi connectivity index (χ0n) is 54.5. The first kappa shape index (κ1) is 46.9. The summed E-state index contributed by atoms with van der Waals surface area (Å²) in [6.07, 6.45) is 2.13. The summed E-state index contributed by atoms with van der Waals surface area (Å²) in [6.45, 7) is 22.8. The van der Waals surface area contributed by atoms with E-state index in [-0.39, 0.29) is 58.1 Å². The summed E-state index contributed by atoms with van der Waals surface area (Å²) >= 11 is 1.85. The molecule has 0 spiro atoms. The van der Waals surface area contributed by atoms with Crippen LogP contribution in [0.2, 0.25) is 0 Å². The third kappa shape index (κ3) is 8.38. The first-order valence-corrected chi connectivity index (χ1v) is 30.5. The smallest absolute Gasteiger partial charge is 0.264 e. The highest BCUT2D eigenvalue weighted by molar-refractivity contribution is 7.33. The number of rotatable bonds is 7. The van der Waals surface area contributed by atoms with Crippen LogP contribution in [0.25, 0.3) is 54.3 Å². The summed E-state index contributed by atoms with van der Waals surface area (Å²) in [5.74, 6) is 0. The summed E-state index contributed by atoms with van der Waals surface area (Å²) in [7, 11) is 0. The van der Waals surface area contributed by atoms with Gasteiger partial charge in [-0.05, 0) is 175 Å². The van der Waals surface area contributed by atoms with Crippen molar-refractivity contribution < 1.29 is 11.3 Å². The maximum atomic E-state index is 9.71. The van der Waals surface area contributed by atoms with Gasteiger partial charge in [0.15, 0.2) is 0 Å². The second-order valence-electron chi connectivity index (χ2n) is 26.8. The third-order valence-electron chi connectivity index (χ3n) is 18.5. The van der Waals surface area contributed by atoms with E-state index < -0.39 is 6.04 Å². The lowest BCUT2D eigenvalue weighted by Crippen LogP contribution is -2.60. The predicted octanol–water partition coefficient (Wildman–Crippen LogP) is 20.6. The topological polar surface area (TPSA) is 22.9 Å². The van der Waals surface area contributed by atoms with Crippen LogP contribution in [0, 0.1) is 0 Å². The maximum absolute atomic E-state index is 9.71. The van der Waals surface area contributed by atoms with E-state index in [0.29, 0.717) is 5.56 Å². The molecule has 0 bridgehead atoms. The Morgan fingerprint density at radius 3 is 1.92 bits per heavy atom. The van der Waals surface area contributed by atoms with Crippen molar-refractivity contribution in [2.24, 2.45) is 0 Å². The lowest BCUT2D eigenvalue weighted by atomic mass is 9.36. The van der Waals surface area contributed by atoms with Gasteiger partial charge in [-0.25, -0.2) is 0 Å². The molecule has 1 aliphatic carbocycles. The number of hydrogen-bond acceptors (Lipinski definition) is 5. The minimum atomic E-state index is -0.427. The van der Waals surface area contributed by atoms with Crippen molar-refractivity contribution in [3.8, 4) is 22.3 Å². The van der Waals surface area contributed by atoms with Crippen molar-refractivity contribution >= 4 is 117 Å². The number of furan rings is 1. The SMILES string of the molecule is [2H]c1c([2H])c([2H])c(-c2cc3c4c(c2)N(c2ccc5c(c2)C(C)(C)CCC5(C)C)c2c(sc5ccc(C(C)(C)C)cc25)B4c2ccc(N(c4ccc(C(C)(C)C)cc4)c4ccccc4-c4ccccc4)cc2N3c2ccc3oc4ccccc4c3c2)c([2H])c1[2H]. The van der Waals surface area contributed by atoms with Crippen LogP contribution in [0.1, 0.15) is 111 Å². The molecule has 0 N–H and O–H groups in total. The van der Waals surface area contributed by atoms with Gasteiger partial charge in [-0.15, -0.1) is 11.3 Å². The summed E-state index contributed by atoms with van der Waals surface area (Å²) in [5.41, 5.74) is 20.1. The van der Waals surface area contributed by atoms with E-state index in [2.05, 4.69) is 260 Å². The number of fused-ring (bicyclic) bond motifs is 10. The maximum Gasteiger partial charge on any atom is 0.264 e. The minimum absolute atomic E-state index is 0.0299. The van der Waals surface area contributed by atoms with Gasteiger partial charge in [-0.2, -0.15) is 0 Å². The molecule has 0 amide bonds. The molecule has 0 unspecified atom stereocenters. The Morgan fingerprint density at radius 2 is 1.15 bits per heavy atom. The Hall–Kier alpha value is -8.58. The fourth-order valence-electron chi connectivity index (χ4n) is 13.8. The largest absolute Gasteiger partial charge is 0.456 e. The van der Waals surface area contributed by atoms with Crippen LogP contribution in [-0.4, -0.2) is 6.71 Å². The van der Waals surface area contributed by atoms with Gasteiger partial charge in [0.1, 0.15) is 11.2 Å². The fraction of sp³-hybridized carbons (Fsp3) is 0.205. The monoisotopic (exact) mass is 1110 g/mol. The second kappa shape index (κ2) is 19.0. The van der Waals surface area contributed by atoms with Gasteiger partial charge in [0.25, 0.3) is 6.71 Å². The Morgan fingerprint density at radius 1 is 0.512 bits per heavy atom. The highest BCUT2D eigenvalue weighted by Crippen LogP contribution is 2.54. The van der Waals surface area contributed by atoms with Crippen LogP contribution in [0.3, 0.4) is 0 Å². The molecule has 4 heterocycles. The quantitative estimate of drug-likeness (QED) is 0.148. The third-order valence-corrected chi connectivity index (χ3v) is 19.7. The Labute approximate surface area is 506 Å². The highest BCUT2D eigenvalue weighted by atomic mass is 32.1. The van der Waals surface area contributed by atoms with Crippen molar-refractivity contribution in [3.05, 3.63) is 241 Å². The van der Waals surface area contributed by atoms with Crippen LogP contribution < -0.4 is 30.4 Å². The standard InChI is InChI=1S/C78H70BN3OS/c1-75(2,3)52-29-32-54(33-30-52)80(65-27-19-17-25-58(65)50-23-15-12-16-24-50)57-35-38-64-66(48-57)81(55-36-39-70-60(46-55)59-26-18-20-28-69(59)83-70)67-43-51(49-21-13-11-14-22-49)44-68-72(67)79(64)74-73(61-45-53(76(4,5)6)31-40-71(61)84-74)82(68)56-34-37-62-63(47-56)78(9,10)42-41-77(62,7)8/h11-40,43-48H,41-42H2,1-10H3/i11D,13D,14D,21D,22D. The minimum Gasteiger partial charge on any atom is -0.456 e. The normalized spacial score (nSPS) is 15.9. The highest BCUT2D eigenvalue weighted by Gasteiger charge is 2.47. The molecule has 3 aliphatic rings. The molecule has 2 aliphatic heterocycles. The molecule has 0 saturated carbocycles. The molecule has 12 aromatic rings. The van der Waals surface area contributed by atoms with Crippen molar-refractivity contribution in [2.45, 2.75) is 104 Å². The second-order valence-corrected chi connectivity index (χ2v) is 27.9. The van der Waals surface area contributed by atoms with Gasteiger partial charge in [0, 0.05) is 71.0 Å². The number of benzene rings is 10. The molecule has 4 nitrogen and oxygen atoms in total. The molecule has 2 aromatic heterocycles. The van der Waals surface area contributed by atoms with E-state index in [1.807, 2.05) is 23.5 Å². The first-order valence-electron chi connectivity index (χ1n) is 32.1. The summed E-state index contributed by atoms with van der Waals surface area (Å²) in [5, 5.41) is 3.11. The lowest BCUT2D eigenvalue weighted by molar-refractivity contribution is 0.332. The lowest BCUT2D eigenvalue weighted by Gasteiger charge is -2.45. The van der Waals surface area contributed by atoms with Gasteiger partial charge in [0.2, 0.25) is 0 Å². The van der Waals surface area contributed by atoms with Crippen molar-refractivity contribution in [3.63, 3.8) is 0 Å². The zero-order chi connectivity index (χ0) is 62.0. The van der Waals surface area contributed by atoms with Crippen molar-refractivity contribution in [2.75, 3.05) is 14.7 Å². The summed E-state index contributed by atoms with van der Waals surface area (Å²) < 4.78 is 55.5. The summed E-state index contributed by atoms with van der Waals surface area (Å²) in [6, 6.07) is 66.6. The average molecular weight is 1110 g/mol. The van der Waals surface area contributed by atoms with Gasteiger partial charge >= 0.3 is 0 Å². The van der Waals surface area contributed by atoms with E-state index in [0.717, 1.165) is 113 Å². The average Bonchev–Trinajstić information content (AvgIpc) is 1.69. The Kier molecular flexibility index (Phi) is 10.6. The van der Waals surface area contributed by atoms with Gasteiger partial charge in [-0.3, -0.25) is 0 Å². The number of thiophene rings is 1. The van der Waals surface area contributed by atoms with Crippen molar-refractivity contribution in [1.29, 1.82) is 0 Å². The van der Waals surface area contributed by atoms with Crippen LogP contribution in [0.15, 0.2) is 223 Å². The van der Waals surface area contributed by atoms with Crippen molar-refractivity contribution in [1.82, 2.24) is 0 Å². The van der Waals surface area contributed by atoms with Crippen LogP contribution in [-0.2, 0) is 21.7 Å². The molecule has 0 saturated heterocycles. The van der Waals surface area contributed by atoms with Crippen LogP contribution in [0.5, 0.6) is 0 Å². The molecule has 84 heavy (non-hydrogen) atoms.